The van der Waals surface area contributed by atoms with Crippen LogP contribution in [0.15, 0.2) is 46.9 Å². The number of ether oxygens (including phenoxy) is 1. The topological polar surface area (TPSA) is 67.4 Å². The van der Waals surface area contributed by atoms with Crippen molar-refractivity contribution < 1.29 is 14.3 Å². The Morgan fingerprint density at radius 2 is 1.96 bits per heavy atom. The molecule has 0 aliphatic heterocycles. The van der Waals surface area contributed by atoms with Crippen molar-refractivity contribution in [3.05, 3.63) is 58.1 Å². The highest BCUT2D eigenvalue weighted by atomic mass is 79.9. The van der Waals surface area contributed by atoms with Crippen LogP contribution in [0, 0.1) is 6.92 Å². The number of carbonyl (C=O) groups is 2. The van der Waals surface area contributed by atoms with Gasteiger partial charge in [-0.1, -0.05) is 22.0 Å². The van der Waals surface area contributed by atoms with Gasteiger partial charge in [0, 0.05) is 15.7 Å². The minimum atomic E-state index is -0.321. The highest BCUT2D eigenvalue weighted by molar-refractivity contribution is 9.10. The molecule has 126 valence electrons. The number of amides is 2. The zero-order valence-corrected chi connectivity index (χ0v) is 15.1. The maximum absolute atomic E-state index is 12.1. The van der Waals surface area contributed by atoms with Crippen molar-refractivity contribution >= 4 is 33.4 Å². The smallest absolute Gasteiger partial charge is 0.251 e. The van der Waals surface area contributed by atoms with E-state index in [9.17, 15) is 9.59 Å². The van der Waals surface area contributed by atoms with Crippen molar-refractivity contribution in [3.8, 4) is 5.75 Å². The second kappa shape index (κ2) is 8.49. The number of benzene rings is 2. The molecule has 0 fully saturated rings. The van der Waals surface area contributed by atoms with Crippen LogP contribution in [0.3, 0.4) is 0 Å². The Morgan fingerprint density at radius 3 is 2.67 bits per heavy atom. The molecule has 0 aromatic heterocycles. The molecule has 2 aromatic carbocycles. The van der Waals surface area contributed by atoms with Crippen LogP contribution in [-0.2, 0) is 4.79 Å². The van der Waals surface area contributed by atoms with Crippen molar-refractivity contribution in [1.29, 1.82) is 0 Å². The molecular formula is C18H19BrN2O3. The highest BCUT2D eigenvalue weighted by Gasteiger charge is 2.09. The Labute approximate surface area is 149 Å². The summed E-state index contributed by atoms with van der Waals surface area (Å²) in [5.41, 5.74) is 2.16. The first-order valence-electron chi connectivity index (χ1n) is 7.56. The molecule has 0 aliphatic rings. The number of nitrogens with one attached hydrogen (secondary N) is 2. The van der Waals surface area contributed by atoms with Crippen molar-refractivity contribution in [2.24, 2.45) is 0 Å². The summed E-state index contributed by atoms with van der Waals surface area (Å²) < 4.78 is 6.33. The molecule has 2 amide bonds. The van der Waals surface area contributed by atoms with Crippen molar-refractivity contribution in [2.45, 2.75) is 13.8 Å². The van der Waals surface area contributed by atoms with E-state index in [-0.39, 0.29) is 18.4 Å². The van der Waals surface area contributed by atoms with Gasteiger partial charge < -0.3 is 15.4 Å². The lowest BCUT2D eigenvalue weighted by molar-refractivity contribution is -0.115. The van der Waals surface area contributed by atoms with E-state index < -0.39 is 0 Å². The number of aryl methyl sites for hydroxylation is 1. The van der Waals surface area contributed by atoms with Crippen molar-refractivity contribution in [1.82, 2.24) is 5.32 Å². The van der Waals surface area contributed by atoms with Crippen LogP contribution in [0.2, 0.25) is 0 Å². The molecule has 0 saturated carbocycles. The molecule has 0 spiro atoms. The standard InChI is InChI=1S/C18H19BrN2O3/c1-3-24-15-6-4-5-13(10-15)18(23)20-11-17(22)21-14-7-8-16(19)12(2)9-14/h4-10H,3,11H2,1-2H3,(H,20,23)(H,21,22). The normalized spacial score (nSPS) is 10.1. The predicted molar refractivity (Wildman–Crippen MR) is 97.5 cm³/mol. The minimum Gasteiger partial charge on any atom is -0.494 e. The molecule has 24 heavy (non-hydrogen) atoms. The second-order valence-electron chi connectivity index (χ2n) is 5.16. The van der Waals surface area contributed by atoms with Gasteiger partial charge in [0.15, 0.2) is 0 Å². The monoisotopic (exact) mass is 390 g/mol. The predicted octanol–water partition coefficient (Wildman–Crippen LogP) is 3.52. The van der Waals surface area contributed by atoms with Gasteiger partial charge in [-0.2, -0.15) is 0 Å². The van der Waals surface area contributed by atoms with Gasteiger partial charge in [0.1, 0.15) is 5.75 Å². The number of hydrogen-bond donors (Lipinski definition) is 2. The molecule has 0 radical (unpaired) electrons. The van der Waals surface area contributed by atoms with Crippen LogP contribution in [0.25, 0.3) is 0 Å². The molecule has 2 rings (SSSR count). The fourth-order valence-electron chi connectivity index (χ4n) is 2.08. The number of hydrogen-bond acceptors (Lipinski definition) is 3. The molecule has 5 nitrogen and oxygen atoms in total. The molecule has 2 N–H and O–H groups in total. The largest absolute Gasteiger partial charge is 0.494 e. The Morgan fingerprint density at radius 1 is 1.17 bits per heavy atom. The SMILES string of the molecule is CCOc1cccc(C(=O)NCC(=O)Nc2ccc(Br)c(C)c2)c1. The maximum atomic E-state index is 12.1. The summed E-state index contributed by atoms with van der Waals surface area (Å²) in [5.74, 6) is 0.0182. The number of rotatable bonds is 6. The lowest BCUT2D eigenvalue weighted by atomic mass is 10.2. The average Bonchev–Trinajstić information content (AvgIpc) is 2.56. The number of anilines is 1. The fraction of sp³-hybridized carbons (Fsp3) is 0.222. The van der Waals surface area contributed by atoms with Crippen LogP contribution in [0.4, 0.5) is 5.69 Å². The van der Waals surface area contributed by atoms with Crippen LogP contribution >= 0.6 is 15.9 Å². The van der Waals surface area contributed by atoms with E-state index in [4.69, 9.17) is 4.74 Å². The first-order chi connectivity index (χ1) is 11.5. The molecule has 0 aliphatic carbocycles. The average molecular weight is 391 g/mol. The summed E-state index contributed by atoms with van der Waals surface area (Å²) in [5, 5.41) is 5.35. The van der Waals surface area contributed by atoms with Gasteiger partial charge in [0.2, 0.25) is 5.91 Å². The molecule has 0 heterocycles. The van der Waals surface area contributed by atoms with E-state index in [2.05, 4.69) is 26.6 Å². The number of carbonyl (C=O) groups excluding carboxylic acids is 2. The number of halogens is 1. The Hall–Kier alpha value is -2.34. The summed E-state index contributed by atoms with van der Waals surface area (Å²) >= 11 is 3.41. The summed E-state index contributed by atoms with van der Waals surface area (Å²) in [7, 11) is 0. The quantitative estimate of drug-likeness (QED) is 0.792. The van der Waals surface area contributed by atoms with Gasteiger partial charge >= 0.3 is 0 Å². The second-order valence-corrected chi connectivity index (χ2v) is 6.01. The van der Waals surface area contributed by atoms with Gasteiger partial charge in [-0.15, -0.1) is 0 Å². The maximum Gasteiger partial charge on any atom is 0.251 e. The lowest BCUT2D eigenvalue weighted by Gasteiger charge is -2.09. The Kier molecular flexibility index (Phi) is 6.37. The van der Waals surface area contributed by atoms with Gasteiger partial charge in [-0.05, 0) is 55.8 Å². The molecule has 0 atom stereocenters. The Bertz CT molecular complexity index is 747. The summed E-state index contributed by atoms with van der Waals surface area (Å²) in [6.07, 6.45) is 0. The van der Waals surface area contributed by atoms with Gasteiger partial charge in [0.25, 0.3) is 5.91 Å². The molecule has 0 saturated heterocycles. The first-order valence-corrected chi connectivity index (χ1v) is 8.36. The third-order valence-corrected chi connectivity index (χ3v) is 4.15. The van der Waals surface area contributed by atoms with E-state index in [0.29, 0.717) is 23.6 Å². The molecule has 6 heteroatoms. The van der Waals surface area contributed by atoms with E-state index in [1.807, 2.05) is 26.0 Å². The van der Waals surface area contributed by atoms with E-state index in [1.54, 1.807) is 30.3 Å². The molecule has 0 bridgehead atoms. The van der Waals surface area contributed by atoms with E-state index >= 15 is 0 Å². The Balaban J connectivity index is 1.90. The molecule has 0 unspecified atom stereocenters. The zero-order valence-electron chi connectivity index (χ0n) is 13.6. The third kappa shape index (κ3) is 5.09. The molecule has 2 aromatic rings. The van der Waals surface area contributed by atoms with E-state index in [1.165, 1.54) is 0 Å². The van der Waals surface area contributed by atoms with Crippen LogP contribution in [0.5, 0.6) is 5.75 Å². The van der Waals surface area contributed by atoms with E-state index in [0.717, 1.165) is 10.0 Å². The summed E-state index contributed by atoms with van der Waals surface area (Å²) in [4.78, 5) is 24.1. The molecular weight excluding hydrogens is 372 g/mol. The van der Waals surface area contributed by atoms with Crippen LogP contribution in [0.1, 0.15) is 22.8 Å². The van der Waals surface area contributed by atoms with Gasteiger partial charge in [0.05, 0.1) is 13.2 Å². The van der Waals surface area contributed by atoms with Crippen LogP contribution in [-0.4, -0.2) is 25.0 Å². The third-order valence-electron chi connectivity index (χ3n) is 3.26. The zero-order chi connectivity index (χ0) is 17.5. The van der Waals surface area contributed by atoms with Crippen LogP contribution < -0.4 is 15.4 Å². The lowest BCUT2D eigenvalue weighted by Crippen LogP contribution is -2.32. The van der Waals surface area contributed by atoms with Gasteiger partial charge in [-0.3, -0.25) is 9.59 Å². The summed E-state index contributed by atoms with van der Waals surface area (Å²) in [6, 6.07) is 12.4. The van der Waals surface area contributed by atoms with Crippen molar-refractivity contribution in [3.63, 3.8) is 0 Å². The highest BCUT2D eigenvalue weighted by Crippen LogP contribution is 2.19. The van der Waals surface area contributed by atoms with Crippen molar-refractivity contribution in [2.75, 3.05) is 18.5 Å². The fourth-order valence-corrected chi connectivity index (χ4v) is 2.33. The minimum absolute atomic E-state index is 0.104. The first kappa shape index (κ1) is 18.0. The van der Waals surface area contributed by atoms with Gasteiger partial charge in [-0.25, -0.2) is 0 Å². The summed E-state index contributed by atoms with van der Waals surface area (Å²) in [6.45, 7) is 4.24.